The average molecular weight is 569 g/mol. The number of hydrogen-bond acceptors (Lipinski definition) is 5. The van der Waals surface area contributed by atoms with Crippen LogP contribution in [0.4, 0.5) is 0 Å². The van der Waals surface area contributed by atoms with Crippen molar-refractivity contribution >= 4 is 34.5 Å². The molecule has 1 amide bonds. The first kappa shape index (κ1) is 27.4. The number of carboxylic acid groups (broad SMARTS) is 1. The summed E-state index contributed by atoms with van der Waals surface area (Å²) < 4.78 is 0. The Morgan fingerprint density at radius 2 is 1.66 bits per heavy atom. The van der Waals surface area contributed by atoms with Crippen molar-refractivity contribution in [3.05, 3.63) is 94.6 Å². The van der Waals surface area contributed by atoms with Crippen LogP contribution < -0.4 is 0 Å². The van der Waals surface area contributed by atoms with Gasteiger partial charge in [-0.3, -0.25) is 14.5 Å². The lowest BCUT2D eigenvalue weighted by molar-refractivity contribution is -0.137. The van der Waals surface area contributed by atoms with E-state index in [1.54, 1.807) is 0 Å². The summed E-state index contributed by atoms with van der Waals surface area (Å²) >= 11 is 6.11. The number of hydrogen-bond donors (Lipinski definition) is 1. The number of carbonyl (C=O) groups excluding carboxylic acids is 1. The molecule has 4 aromatic rings. The fourth-order valence-electron chi connectivity index (χ4n) is 6.15. The number of aryl methyl sites for hydroxylation is 1. The van der Waals surface area contributed by atoms with Crippen LogP contribution in [0.25, 0.3) is 22.3 Å². The molecule has 8 heteroatoms. The van der Waals surface area contributed by atoms with Crippen LogP contribution in [-0.4, -0.2) is 61.9 Å². The minimum Gasteiger partial charge on any atom is -0.481 e. The molecule has 0 unspecified atom stereocenters. The molecule has 7 rings (SSSR count). The number of carbonyl (C=O) groups is 2. The summed E-state index contributed by atoms with van der Waals surface area (Å²) in [6, 6.07) is 24.2. The zero-order chi connectivity index (χ0) is 28.3. The van der Waals surface area contributed by atoms with Gasteiger partial charge in [0.2, 0.25) is 0 Å². The van der Waals surface area contributed by atoms with E-state index in [9.17, 15) is 9.59 Å². The van der Waals surface area contributed by atoms with Gasteiger partial charge in [-0.05, 0) is 68.0 Å². The topological polar surface area (TPSA) is 86.6 Å². The molecule has 0 saturated carbocycles. The molecule has 2 bridgehead atoms. The number of carboxylic acids is 1. The molecule has 1 N–H and O–H groups in total. The maximum atomic E-state index is 13.8. The Labute approximate surface area is 244 Å². The van der Waals surface area contributed by atoms with Gasteiger partial charge in [0, 0.05) is 54.3 Å². The quantitative estimate of drug-likeness (QED) is 0.241. The van der Waals surface area contributed by atoms with E-state index in [2.05, 4.69) is 34.1 Å². The number of nitrogens with zero attached hydrogens (tertiary/aromatic N) is 4. The lowest BCUT2D eigenvalue weighted by atomic mass is 9.89. The number of piperidine rings is 2. The summed E-state index contributed by atoms with van der Waals surface area (Å²) in [5.41, 5.74) is 5.79. The second-order valence-electron chi connectivity index (χ2n) is 11.1. The molecular formula is C33H33ClN4O3. The second kappa shape index (κ2) is 12.0. The van der Waals surface area contributed by atoms with Gasteiger partial charge in [0.15, 0.2) is 0 Å². The first-order valence-electron chi connectivity index (χ1n) is 14.3. The fourth-order valence-corrected chi connectivity index (χ4v) is 6.27. The van der Waals surface area contributed by atoms with Gasteiger partial charge in [-0.1, -0.05) is 54.1 Å². The molecule has 3 aliphatic rings. The Kier molecular flexibility index (Phi) is 7.99. The molecule has 3 fully saturated rings. The minimum absolute atomic E-state index is 0.0487. The van der Waals surface area contributed by atoms with Gasteiger partial charge in [0.25, 0.3) is 5.91 Å². The van der Waals surface area contributed by atoms with E-state index < -0.39 is 5.97 Å². The number of benzene rings is 3. The zero-order valence-corrected chi connectivity index (χ0v) is 23.6. The third-order valence-electron chi connectivity index (χ3n) is 8.29. The molecule has 41 heavy (non-hydrogen) atoms. The van der Waals surface area contributed by atoms with Gasteiger partial charge in [-0.25, -0.2) is 9.97 Å². The van der Waals surface area contributed by atoms with Crippen LogP contribution in [-0.2, 0) is 17.8 Å². The van der Waals surface area contributed by atoms with Crippen LogP contribution in [0.3, 0.4) is 0 Å². The zero-order valence-electron chi connectivity index (χ0n) is 22.9. The Morgan fingerprint density at radius 3 is 2.39 bits per heavy atom. The van der Waals surface area contributed by atoms with E-state index in [4.69, 9.17) is 26.7 Å². The highest BCUT2D eigenvalue weighted by Crippen LogP contribution is 2.32. The third kappa shape index (κ3) is 6.11. The summed E-state index contributed by atoms with van der Waals surface area (Å²) in [4.78, 5) is 39.3. The molecule has 0 spiro atoms. The van der Waals surface area contributed by atoms with Crippen LogP contribution in [0.15, 0.2) is 72.8 Å². The van der Waals surface area contributed by atoms with Crippen LogP contribution in [0.5, 0.6) is 0 Å². The van der Waals surface area contributed by atoms with Crippen molar-refractivity contribution in [2.45, 2.75) is 57.2 Å². The molecule has 3 aromatic carbocycles. The van der Waals surface area contributed by atoms with E-state index in [0.717, 1.165) is 54.9 Å². The number of aromatic nitrogens is 2. The lowest BCUT2D eigenvalue weighted by Gasteiger charge is -2.51. The molecule has 7 nitrogen and oxygen atoms in total. The lowest BCUT2D eigenvalue weighted by Crippen LogP contribution is -2.63. The largest absolute Gasteiger partial charge is 0.481 e. The van der Waals surface area contributed by atoms with Crippen LogP contribution in [0.2, 0.25) is 5.02 Å². The number of piperazine rings is 1. The smallest absolute Gasteiger partial charge is 0.303 e. The molecule has 3 aliphatic heterocycles. The van der Waals surface area contributed by atoms with E-state index in [-0.39, 0.29) is 18.4 Å². The van der Waals surface area contributed by atoms with E-state index in [1.807, 2.05) is 48.5 Å². The van der Waals surface area contributed by atoms with Crippen molar-refractivity contribution in [1.82, 2.24) is 19.8 Å². The van der Waals surface area contributed by atoms with E-state index in [1.165, 1.54) is 5.56 Å². The summed E-state index contributed by atoms with van der Waals surface area (Å²) in [5, 5.41) is 9.68. The average Bonchev–Trinajstić information content (AvgIpc) is 2.99. The number of rotatable bonds is 9. The minimum atomic E-state index is -0.801. The predicted molar refractivity (Wildman–Crippen MR) is 160 cm³/mol. The number of fused-ring (bicyclic) bond motifs is 4. The summed E-state index contributed by atoms with van der Waals surface area (Å²) in [6.07, 6.45) is 4.11. The molecule has 210 valence electrons. The first-order valence-corrected chi connectivity index (χ1v) is 14.7. The van der Waals surface area contributed by atoms with Crippen LogP contribution >= 0.6 is 11.6 Å². The van der Waals surface area contributed by atoms with Crippen molar-refractivity contribution in [2.75, 3.05) is 13.1 Å². The van der Waals surface area contributed by atoms with Gasteiger partial charge in [0.05, 0.1) is 22.4 Å². The molecule has 4 heterocycles. The van der Waals surface area contributed by atoms with Crippen molar-refractivity contribution in [1.29, 1.82) is 0 Å². The Balaban J connectivity index is 1.24. The van der Waals surface area contributed by atoms with Crippen molar-refractivity contribution < 1.29 is 14.7 Å². The first-order chi connectivity index (χ1) is 19.9. The van der Waals surface area contributed by atoms with Crippen molar-refractivity contribution in [3.8, 4) is 11.3 Å². The second-order valence-corrected chi connectivity index (χ2v) is 11.5. The SMILES string of the molecule is O=C(O)CCCCc1nc2cc(C(=O)N3C[C@H]4CC[C@@H]3CN4Cc3ccccc3)ccc2nc1-c1ccc(Cl)cc1. The highest BCUT2D eigenvalue weighted by atomic mass is 35.5. The Morgan fingerprint density at radius 1 is 0.878 bits per heavy atom. The van der Waals surface area contributed by atoms with Gasteiger partial charge in [-0.2, -0.15) is 0 Å². The van der Waals surface area contributed by atoms with Crippen molar-refractivity contribution in [3.63, 3.8) is 0 Å². The number of aliphatic carboxylic acids is 1. The van der Waals surface area contributed by atoms with E-state index in [0.29, 0.717) is 41.4 Å². The number of amides is 1. The predicted octanol–water partition coefficient (Wildman–Crippen LogP) is 6.24. The van der Waals surface area contributed by atoms with Crippen LogP contribution in [0.1, 0.15) is 53.7 Å². The highest BCUT2D eigenvalue weighted by molar-refractivity contribution is 6.30. The Hall–Kier alpha value is -3.81. The maximum absolute atomic E-state index is 13.8. The van der Waals surface area contributed by atoms with Gasteiger partial charge in [0.1, 0.15) is 0 Å². The molecular weight excluding hydrogens is 536 g/mol. The number of unbranched alkanes of at least 4 members (excludes halogenated alkanes) is 1. The third-order valence-corrected chi connectivity index (χ3v) is 8.54. The molecule has 1 aromatic heterocycles. The summed E-state index contributed by atoms with van der Waals surface area (Å²) in [5.74, 6) is -0.752. The van der Waals surface area contributed by atoms with E-state index >= 15 is 0 Å². The monoisotopic (exact) mass is 568 g/mol. The van der Waals surface area contributed by atoms with Crippen molar-refractivity contribution in [2.24, 2.45) is 0 Å². The summed E-state index contributed by atoms with van der Waals surface area (Å²) in [7, 11) is 0. The van der Waals surface area contributed by atoms with Gasteiger partial charge in [-0.15, -0.1) is 0 Å². The number of halogens is 1. The molecule has 2 atom stereocenters. The Bertz CT molecular complexity index is 1560. The fraction of sp³-hybridized carbons (Fsp3) is 0.333. The van der Waals surface area contributed by atoms with Crippen LogP contribution in [0, 0.1) is 0 Å². The maximum Gasteiger partial charge on any atom is 0.303 e. The normalized spacial score (nSPS) is 18.6. The van der Waals surface area contributed by atoms with Gasteiger partial charge < -0.3 is 10.0 Å². The molecule has 0 radical (unpaired) electrons. The summed E-state index contributed by atoms with van der Waals surface area (Å²) in [6.45, 7) is 2.55. The standard InChI is InChI=1S/C33H33ClN4O3/c34-25-13-10-23(11-14-25)32-29(8-4-5-9-31(39)40)35-30-18-24(12-17-28(30)36-32)33(41)38-21-26-15-16-27(38)20-37(26)19-22-6-2-1-3-7-22/h1-3,6-7,10-14,17-18,26-27H,4-5,8-9,15-16,19-21H2,(H,39,40)/t26-,27-/m1/s1. The molecule has 0 aliphatic carbocycles. The van der Waals surface area contributed by atoms with Gasteiger partial charge >= 0.3 is 5.97 Å². The molecule has 3 saturated heterocycles. The highest BCUT2D eigenvalue weighted by Gasteiger charge is 2.41.